The highest BCUT2D eigenvalue weighted by Crippen LogP contribution is 2.38. The smallest absolute Gasteiger partial charge is 0.338 e. The van der Waals surface area contributed by atoms with Crippen LogP contribution in [0, 0.1) is 11.7 Å². The van der Waals surface area contributed by atoms with Crippen LogP contribution in [0.4, 0.5) is 13.2 Å². The minimum absolute atomic E-state index is 0.0407. The number of likely N-dealkylation sites (tertiary alicyclic amines) is 1. The third kappa shape index (κ3) is 6.96. The topological polar surface area (TPSA) is 113 Å². The van der Waals surface area contributed by atoms with Crippen molar-refractivity contribution in [2.75, 3.05) is 39.5 Å². The number of aromatic nitrogens is 1. The van der Waals surface area contributed by atoms with E-state index in [1.54, 1.807) is 18.5 Å². The zero-order chi connectivity index (χ0) is 28.2. The Kier molecular flexibility index (Phi) is 9.26. The van der Waals surface area contributed by atoms with Crippen LogP contribution in [-0.2, 0) is 19.1 Å². The minimum Gasteiger partial charge on any atom is -0.480 e. The van der Waals surface area contributed by atoms with Crippen LogP contribution < -0.4 is 5.32 Å². The molecule has 0 radical (unpaired) electrons. The Morgan fingerprint density at radius 1 is 1.36 bits per heavy atom. The Bertz CT molecular complexity index is 1270. The summed E-state index contributed by atoms with van der Waals surface area (Å²) in [7, 11) is 0. The van der Waals surface area contributed by atoms with Gasteiger partial charge >= 0.3 is 11.9 Å². The van der Waals surface area contributed by atoms with Crippen molar-refractivity contribution in [1.82, 2.24) is 15.2 Å². The fourth-order valence-electron chi connectivity index (χ4n) is 4.48. The summed E-state index contributed by atoms with van der Waals surface area (Å²) in [5.74, 6) is -6.52. The highest BCUT2D eigenvalue weighted by molar-refractivity contribution is 7.11. The molecule has 0 bridgehead atoms. The number of nitrogens with one attached hydrogen (secondary N) is 1. The first-order chi connectivity index (χ1) is 18.6. The molecule has 2 N–H and O–H groups in total. The first-order valence-corrected chi connectivity index (χ1v) is 13.3. The van der Waals surface area contributed by atoms with E-state index in [9.17, 15) is 14.0 Å². The number of esters is 1. The Labute approximate surface area is 231 Å². The van der Waals surface area contributed by atoms with Crippen LogP contribution in [0.5, 0.6) is 0 Å². The van der Waals surface area contributed by atoms with Crippen molar-refractivity contribution in [2.24, 2.45) is 10.9 Å². The van der Waals surface area contributed by atoms with E-state index in [0.717, 1.165) is 6.07 Å². The average Bonchev–Trinajstić information content (AvgIpc) is 3.40. The lowest BCUT2D eigenvalue weighted by Crippen LogP contribution is -2.51. The number of ether oxygens (including phenoxy) is 2. The van der Waals surface area contributed by atoms with E-state index in [1.165, 1.54) is 28.4 Å². The minimum atomic E-state index is -3.16. The van der Waals surface area contributed by atoms with E-state index in [0.29, 0.717) is 16.4 Å². The molecule has 39 heavy (non-hydrogen) atoms. The molecule has 2 unspecified atom stereocenters. The monoisotopic (exact) mass is 586 g/mol. The average molecular weight is 587 g/mol. The van der Waals surface area contributed by atoms with Crippen LogP contribution in [0.2, 0.25) is 5.02 Å². The molecule has 1 aromatic heterocycles. The zero-order valence-electron chi connectivity index (χ0n) is 20.8. The van der Waals surface area contributed by atoms with Gasteiger partial charge in [0.2, 0.25) is 0 Å². The lowest BCUT2D eigenvalue weighted by molar-refractivity contribution is -0.151. The summed E-state index contributed by atoms with van der Waals surface area (Å²) in [6, 6.07) is 2.72. The molecule has 4 rings (SSSR count). The number of nitrogens with zero attached hydrogens (tertiary/aromatic N) is 3. The molecule has 2 aliphatic heterocycles. The van der Waals surface area contributed by atoms with E-state index < -0.39 is 48.8 Å². The third-order valence-electron chi connectivity index (χ3n) is 6.27. The molecular weight excluding hydrogens is 561 g/mol. The van der Waals surface area contributed by atoms with Gasteiger partial charge in [-0.2, -0.15) is 0 Å². The second kappa shape index (κ2) is 12.5. The molecule has 0 saturated carbocycles. The summed E-state index contributed by atoms with van der Waals surface area (Å²) in [4.78, 5) is 34.3. The van der Waals surface area contributed by atoms with Crippen LogP contribution in [0.3, 0.4) is 0 Å². The number of halogens is 4. The maximum Gasteiger partial charge on any atom is 0.338 e. The number of thiazole rings is 1. The lowest BCUT2D eigenvalue weighted by Gasteiger charge is -2.39. The van der Waals surface area contributed by atoms with Crippen molar-refractivity contribution in [3.63, 3.8) is 0 Å². The van der Waals surface area contributed by atoms with E-state index in [-0.39, 0.29) is 49.0 Å². The van der Waals surface area contributed by atoms with Crippen molar-refractivity contribution in [3.05, 3.63) is 62.5 Å². The first kappa shape index (κ1) is 29.0. The second-order valence-electron chi connectivity index (χ2n) is 8.99. The van der Waals surface area contributed by atoms with Gasteiger partial charge in [0, 0.05) is 40.3 Å². The van der Waals surface area contributed by atoms with Gasteiger partial charge in [-0.15, -0.1) is 11.3 Å². The molecule has 1 saturated heterocycles. The molecule has 2 aliphatic rings. The van der Waals surface area contributed by atoms with Gasteiger partial charge in [0.25, 0.3) is 5.92 Å². The maximum absolute atomic E-state index is 15.0. The number of hydrogen-bond acceptors (Lipinski definition) is 9. The molecule has 0 amide bonds. The SMILES string of the molecule is CCOC(=O)C1=C(CN2CCC(COCC(=O)O)C(F)(F)C2)NC(c2nccs2)=NC1c1ccc(F)cc1Cl. The van der Waals surface area contributed by atoms with Gasteiger partial charge in [-0.05, 0) is 32.0 Å². The summed E-state index contributed by atoms with van der Waals surface area (Å²) in [5, 5.41) is 14.1. The molecular formula is C25H26ClF3N4O5S. The van der Waals surface area contributed by atoms with E-state index in [4.69, 9.17) is 26.2 Å². The molecule has 1 aromatic carbocycles. The molecule has 2 aromatic rings. The summed E-state index contributed by atoms with van der Waals surface area (Å²) in [6.07, 6.45) is 1.63. The largest absolute Gasteiger partial charge is 0.480 e. The number of alkyl halides is 2. The maximum atomic E-state index is 15.0. The number of benzene rings is 1. The second-order valence-corrected chi connectivity index (χ2v) is 10.3. The molecule has 9 nitrogen and oxygen atoms in total. The fraction of sp³-hybridized carbons (Fsp3) is 0.440. The Morgan fingerprint density at radius 2 is 2.15 bits per heavy atom. The number of aliphatic carboxylic acids is 1. The fourth-order valence-corrected chi connectivity index (χ4v) is 5.33. The Balaban J connectivity index is 1.67. The van der Waals surface area contributed by atoms with E-state index >= 15 is 8.78 Å². The highest BCUT2D eigenvalue weighted by Gasteiger charge is 2.45. The van der Waals surface area contributed by atoms with E-state index in [2.05, 4.69) is 15.3 Å². The highest BCUT2D eigenvalue weighted by atomic mass is 35.5. The van der Waals surface area contributed by atoms with Crippen LogP contribution >= 0.6 is 22.9 Å². The number of carbonyl (C=O) groups is 2. The van der Waals surface area contributed by atoms with Gasteiger partial charge in [-0.3, -0.25) is 9.89 Å². The molecule has 3 heterocycles. The lowest BCUT2D eigenvalue weighted by atomic mass is 9.92. The van der Waals surface area contributed by atoms with Gasteiger partial charge < -0.3 is 19.9 Å². The normalized spacial score (nSPS) is 21.3. The Hall–Kier alpha value is -3.00. The number of aliphatic imine (C=N–C) groups is 1. The van der Waals surface area contributed by atoms with Gasteiger partial charge in [-0.25, -0.2) is 27.7 Å². The van der Waals surface area contributed by atoms with Crippen LogP contribution in [0.1, 0.15) is 30.0 Å². The van der Waals surface area contributed by atoms with Gasteiger partial charge in [-0.1, -0.05) is 17.7 Å². The van der Waals surface area contributed by atoms with E-state index in [1.807, 2.05) is 0 Å². The van der Waals surface area contributed by atoms with Crippen LogP contribution in [-0.4, -0.2) is 78.1 Å². The predicted molar refractivity (Wildman–Crippen MR) is 138 cm³/mol. The summed E-state index contributed by atoms with van der Waals surface area (Å²) < 4.78 is 54.1. The molecule has 2 atom stereocenters. The van der Waals surface area contributed by atoms with Crippen molar-refractivity contribution in [1.29, 1.82) is 0 Å². The number of hydrogen-bond donors (Lipinski definition) is 2. The number of carboxylic acids is 1. The van der Waals surface area contributed by atoms with Crippen molar-refractivity contribution >= 4 is 40.7 Å². The molecule has 1 fully saturated rings. The van der Waals surface area contributed by atoms with Crippen LogP contribution in [0.15, 0.2) is 46.0 Å². The molecule has 14 heteroatoms. The molecule has 0 spiro atoms. The van der Waals surface area contributed by atoms with Gasteiger partial charge in [0.15, 0.2) is 10.8 Å². The summed E-state index contributed by atoms with van der Waals surface area (Å²) >= 11 is 7.65. The number of carboxylic acid groups (broad SMARTS) is 1. The van der Waals surface area contributed by atoms with Gasteiger partial charge in [0.1, 0.15) is 18.5 Å². The summed E-state index contributed by atoms with van der Waals surface area (Å²) in [6.45, 7) is 0.186. The number of carbonyl (C=O) groups excluding carboxylic acids is 1. The molecule has 210 valence electrons. The van der Waals surface area contributed by atoms with Crippen molar-refractivity contribution in [3.8, 4) is 0 Å². The number of amidine groups is 1. The zero-order valence-corrected chi connectivity index (χ0v) is 22.4. The standard InChI is InChI=1S/C25H26ClF3N4O5S/c1-2-38-24(36)20-18(10-33-7-5-14(25(28,29)13-33)11-37-12-19(34)35)31-22(23-30-6-8-39-23)32-21(20)16-4-3-15(27)9-17(16)26/h3-4,6,8-9,14,21H,2,5,7,10-13H2,1H3,(H,31,32)(H,34,35). The van der Waals surface area contributed by atoms with Crippen LogP contribution in [0.25, 0.3) is 0 Å². The van der Waals surface area contributed by atoms with Gasteiger partial charge in [0.05, 0.1) is 25.3 Å². The first-order valence-electron chi connectivity index (χ1n) is 12.1. The third-order valence-corrected chi connectivity index (χ3v) is 7.37. The number of rotatable bonds is 10. The Morgan fingerprint density at radius 3 is 2.79 bits per heavy atom. The molecule has 0 aliphatic carbocycles. The van der Waals surface area contributed by atoms with Crippen molar-refractivity contribution in [2.45, 2.75) is 25.3 Å². The van der Waals surface area contributed by atoms with Crippen molar-refractivity contribution < 1.29 is 37.3 Å². The summed E-state index contributed by atoms with van der Waals surface area (Å²) in [5.41, 5.74) is 0.699. The number of piperidine rings is 1. The predicted octanol–water partition coefficient (Wildman–Crippen LogP) is 3.90. The quantitative estimate of drug-likeness (QED) is 0.403.